The molecule has 0 aromatic heterocycles. The minimum atomic E-state index is -0.376. The first-order chi connectivity index (χ1) is 12.2. The highest BCUT2D eigenvalue weighted by atomic mass is 32.2. The van der Waals surface area contributed by atoms with Gasteiger partial charge in [-0.3, -0.25) is 9.79 Å². The summed E-state index contributed by atoms with van der Waals surface area (Å²) in [7, 11) is 0. The summed E-state index contributed by atoms with van der Waals surface area (Å²) in [6, 6.07) is 3.06. The van der Waals surface area contributed by atoms with E-state index in [2.05, 4.69) is 10.3 Å². The molecule has 5 nitrogen and oxygen atoms in total. The number of amidine groups is 1. The highest BCUT2D eigenvalue weighted by Gasteiger charge is 2.26. The molecular formula is C18H19FN2O3S. The molecule has 0 unspecified atom stereocenters. The summed E-state index contributed by atoms with van der Waals surface area (Å²) in [4.78, 5) is 17.4. The van der Waals surface area contributed by atoms with E-state index in [4.69, 9.17) is 9.47 Å². The lowest BCUT2D eigenvalue weighted by molar-refractivity contribution is -0.115. The van der Waals surface area contributed by atoms with Crippen molar-refractivity contribution >= 4 is 28.9 Å². The lowest BCUT2D eigenvalue weighted by atomic mass is 9.96. The third-order valence-corrected chi connectivity index (χ3v) is 5.44. The van der Waals surface area contributed by atoms with E-state index in [1.807, 2.05) is 0 Å². The van der Waals surface area contributed by atoms with Gasteiger partial charge in [0.2, 0.25) is 0 Å². The largest absolute Gasteiger partial charge is 0.467 e. The van der Waals surface area contributed by atoms with E-state index in [1.165, 1.54) is 43.2 Å². The van der Waals surface area contributed by atoms with Crippen LogP contribution in [-0.4, -0.2) is 23.9 Å². The number of nitrogens with zero attached hydrogens (tertiary/aromatic N) is 1. The van der Waals surface area contributed by atoms with E-state index in [-0.39, 0.29) is 18.5 Å². The Bertz CT molecular complexity index is 757. The van der Waals surface area contributed by atoms with Crippen molar-refractivity contribution in [2.24, 2.45) is 4.99 Å². The summed E-state index contributed by atoms with van der Waals surface area (Å²) >= 11 is 1.30. The van der Waals surface area contributed by atoms with Crippen LogP contribution in [0.25, 0.3) is 6.08 Å². The van der Waals surface area contributed by atoms with Gasteiger partial charge in [-0.1, -0.05) is 19.3 Å². The number of rotatable bonds is 2. The van der Waals surface area contributed by atoms with Crippen LogP contribution in [0, 0.1) is 5.82 Å². The van der Waals surface area contributed by atoms with E-state index >= 15 is 0 Å². The Morgan fingerprint density at radius 3 is 2.96 bits per heavy atom. The van der Waals surface area contributed by atoms with Crippen molar-refractivity contribution in [3.05, 3.63) is 34.0 Å². The Morgan fingerprint density at radius 1 is 1.28 bits per heavy atom. The van der Waals surface area contributed by atoms with Crippen molar-refractivity contribution < 1.29 is 18.7 Å². The molecule has 25 heavy (non-hydrogen) atoms. The Balaban J connectivity index is 1.58. The number of amides is 1. The molecule has 1 saturated carbocycles. The summed E-state index contributed by atoms with van der Waals surface area (Å²) in [6.07, 6.45) is 7.46. The number of hydrogen-bond donors (Lipinski definition) is 1. The van der Waals surface area contributed by atoms with Gasteiger partial charge in [-0.15, -0.1) is 0 Å². The fourth-order valence-corrected chi connectivity index (χ4v) is 4.20. The van der Waals surface area contributed by atoms with Crippen LogP contribution in [0.1, 0.15) is 43.2 Å². The van der Waals surface area contributed by atoms with E-state index in [1.54, 1.807) is 6.08 Å². The second-order valence-electron chi connectivity index (χ2n) is 6.38. The number of carbonyl (C=O) groups excluding carboxylic acids is 1. The topological polar surface area (TPSA) is 59.9 Å². The van der Waals surface area contributed by atoms with Crippen LogP contribution in [0.5, 0.6) is 5.75 Å². The second kappa shape index (κ2) is 7.17. The Kier molecular flexibility index (Phi) is 4.76. The number of nitrogens with one attached hydrogen (secondary N) is 1. The van der Waals surface area contributed by atoms with Crippen molar-refractivity contribution in [2.75, 3.05) is 6.79 Å². The average Bonchev–Trinajstić information content (AvgIpc) is 2.95. The zero-order chi connectivity index (χ0) is 17.2. The number of thioether (sulfide) groups is 1. The predicted octanol–water partition coefficient (Wildman–Crippen LogP) is 3.58. The standard InChI is InChI=1S/C18H19FN2O3S/c19-13-6-11(16-12(7-13)9-23-10-24-16)8-15-17(22)21-18(25-15)20-14-4-2-1-3-5-14/h6-8,14H,1-5,9-10H2,(H,20,21,22)/b15-8+. The Labute approximate surface area is 149 Å². The highest BCUT2D eigenvalue weighted by molar-refractivity contribution is 8.18. The molecular weight excluding hydrogens is 343 g/mol. The van der Waals surface area contributed by atoms with Gasteiger partial charge in [0, 0.05) is 11.1 Å². The molecule has 4 rings (SSSR count). The van der Waals surface area contributed by atoms with Crippen LogP contribution in [0.3, 0.4) is 0 Å². The van der Waals surface area contributed by atoms with Crippen molar-refractivity contribution in [2.45, 2.75) is 44.8 Å². The molecule has 3 aliphatic rings. The molecule has 1 amide bonds. The number of halogens is 1. The van der Waals surface area contributed by atoms with Gasteiger partial charge in [0.1, 0.15) is 11.6 Å². The van der Waals surface area contributed by atoms with Crippen LogP contribution in [0.2, 0.25) is 0 Å². The maximum Gasteiger partial charge on any atom is 0.264 e. The summed E-state index contributed by atoms with van der Waals surface area (Å²) in [5.74, 6) is -0.00458. The maximum absolute atomic E-state index is 13.8. The lowest BCUT2D eigenvalue weighted by Crippen LogP contribution is -2.22. The SMILES string of the molecule is O=C1NC(=NC2CCCCC2)S/C1=C/c1cc(F)cc2c1OCOC2. The van der Waals surface area contributed by atoms with Crippen LogP contribution in [0.4, 0.5) is 4.39 Å². The molecule has 1 aromatic carbocycles. The zero-order valence-electron chi connectivity index (χ0n) is 13.7. The quantitative estimate of drug-likeness (QED) is 0.817. The van der Waals surface area contributed by atoms with Gasteiger partial charge in [-0.2, -0.15) is 0 Å². The van der Waals surface area contributed by atoms with Gasteiger partial charge < -0.3 is 14.8 Å². The molecule has 7 heteroatoms. The van der Waals surface area contributed by atoms with Gasteiger partial charge in [-0.05, 0) is 42.8 Å². The Hall–Kier alpha value is -1.86. The third kappa shape index (κ3) is 3.72. The van der Waals surface area contributed by atoms with Gasteiger partial charge in [0.05, 0.1) is 17.6 Å². The summed E-state index contributed by atoms with van der Waals surface area (Å²) in [6.45, 7) is 0.430. The smallest absolute Gasteiger partial charge is 0.264 e. The van der Waals surface area contributed by atoms with E-state index < -0.39 is 0 Å². The monoisotopic (exact) mass is 362 g/mol. The van der Waals surface area contributed by atoms with Gasteiger partial charge in [0.25, 0.3) is 5.91 Å². The third-order valence-electron chi connectivity index (χ3n) is 4.52. The molecule has 1 saturated heterocycles. The average molecular weight is 362 g/mol. The van der Waals surface area contributed by atoms with Gasteiger partial charge in [-0.25, -0.2) is 4.39 Å². The first kappa shape index (κ1) is 16.6. The van der Waals surface area contributed by atoms with Gasteiger partial charge >= 0.3 is 0 Å². The zero-order valence-corrected chi connectivity index (χ0v) is 14.5. The van der Waals surface area contributed by atoms with E-state index in [9.17, 15) is 9.18 Å². The van der Waals surface area contributed by atoms with Crippen LogP contribution < -0.4 is 10.1 Å². The first-order valence-corrected chi connectivity index (χ1v) is 9.32. The molecule has 0 bridgehead atoms. The number of aliphatic imine (C=N–C) groups is 1. The molecule has 1 aromatic rings. The number of carbonyl (C=O) groups is 1. The van der Waals surface area contributed by atoms with Crippen molar-refractivity contribution in [1.29, 1.82) is 0 Å². The lowest BCUT2D eigenvalue weighted by Gasteiger charge is -2.19. The summed E-state index contributed by atoms with van der Waals surface area (Å²) < 4.78 is 24.5. The summed E-state index contributed by atoms with van der Waals surface area (Å²) in [5, 5.41) is 3.45. The van der Waals surface area contributed by atoms with Crippen LogP contribution >= 0.6 is 11.8 Å². The van der Waals surface area contributed by atoms with Crippen LogP contribution in [0.15, 0.2) is 22.0 Å². The number of benzene rings is 1. The molecule has 0 atom stereocenters. The number of fused-ring (bicyclic) bond motifs is 1. The second-order valence-corrected chi connectivity index (χ2v) is 7.42. The number of hydrogen-bond acceptors (Lipinski definition) is 5. The summed E-state index contributed by atoms with van der Waals surface area (Å²) in [5.41, 5.74) is 1.20. The van der Waals surface area contributed by atoms with Crippen molar-refractivity contribution in [3.63, 3.8) is 0 Å². The van der Waals surface area contributed by atoms with Crippen molar-refractivity contribution in [1.82, 2.24) is 5.32 Å². The van der Waals surface area contributed by atoms with Gasteiger partial charge in [0.15, 0.2) is 12.0 Å². The first-order valence-electron chi connectivity index (χ1n) is 8.51. The van der Waals surface area contributed by atoms with E-state index in [0.717, 1.165) is 12.8 Å². The maximum atomic E-state index is 13.8. The molecule has 1 aliphatic carbocycles. The normalized spacial score (nSPS) is 24.3. The molecule has 2 aliphatic heterocycles. The molecule has 132 valence electrons. The number of ether oxygens (including phenoxy) is 2. The highest BCUT2D eigenvalue weighted by Crippen LogP contribution is 2.34. The fraction of sp³-hybridized carbons (Fsp3) is 0.444. The molecule has 0 spiro atoms. The molecule has 2 heterocycles. The minimum absolute atomic E-state index is 0.128. The molecule has 1 N–H and O–H groups in total. The fourth-order valence-electron chi connectivity index (χ4n) is 3.32. The predicted molar refractivity (Wildman–Crippen MR) is 94.7 cm³/mol. The van der Waals surface area contributed by atoms with Crippen LogP contribution in [-0.2, 0) is 16.1 Å². The Morgan fingerprint density at radius 2 is 2.12 bits per heavy atom. The van der Waals surface area contributed by atoms with Crippen molar-refractivity contribution in [3.8, 4) is 5.75 Å². The molecule has 2 fully saturated rings. The molecule has 0 radical (unpaired) electrons. The van der Waals surface area contributed by atoms with E-state index in [0.29, 0.717) is 39.6 Å². The minimum Gasteiger partial charge on any atom is -0.467 e.